The Morgan fingerprint density at radius 2 is 2.33 bits per heavy atom. The van der Waals surface area contributed by atoms with E-state index in [0.29, 0.717) is 11.7 Å². The van der Waals surface area contributed by atoms with Crippen molar-refractivity contribution in [2.45, 2.75) is 6.92 Å². The number of benzene rings is 1. The van der Waals surface area contributed by atoms with Gasteiger partial charge in [-0.2, -0.15) is 4.98 Å². The molecule has 3 heteroatoms. The Bertz CT molecular complexity index is 367. The lowest BCUT2D eigenvalue weighted by molar-refractivity contribution is 0.425. The molecule has 0 aliphatic heterocycles. The summed E-state index contributed by atoms with van der Waals surface area (Å²) in [6.07, 6.45) is 0. The number of nitrogens with zero attached hydrogens (tertiary/aromatic N) is 2. The van der Waals surface area contributed by atoms with Gasteiger partial charge in [0.25, 0.3) is 5.89 Å². The maximum Gasteiger partial charge on any atom is 0.258 e. The normalized spacial score (nSPS) is 10.1. The first-order chi connectivity index (χ1) is 5.86. The summed E-state index contributed by atoms with van der Waals surface area (Å²) in [7, 11) is 0. The minimum atomic E-state index is 0.521. The molecule has 0 saturated heterocycles. The minimum Gasteiger partial charge on any atom is -0.334 e. The molecule has 0 fully saturated rings. The Labute approximate surface area is 70.0 Å². The summed E-state index contributed by atoms with van der Waals surface area (Å²) in [5, 5.41) is 3.69. The van der Waals surface area contributed by atoms with Crippen LogP contribution in [0.2, 0.25) is 0 Å². The van der Waals surface area contributed by atoms with Crippen LogP contribution in [-0.4, -0.2) is 10.1 Å². The summed E-state index contributed by atoms with van der Waals surface area (Å²) >= 11 is 0. The molecule has 0 atom stereocenters. The van der Waals surface area contributed by atoms with E-state index in [9.17, 15) is 0 Å². The van der Waals surface area contributed by atoms with Gasteiger partial charge in [0.15, 0.2) is 5.82 Å². The molecule has 1 aromatic heterocycles. The molecule has 1 radical (unpaired) electrons. The second-order valence-corrected chi connectivity index (χ2v) is 2.42. The fraction of sp³-hybridized carbons (Fsp3) is 0.111. The highest BCUT2D eigenvalue weighted by Gasteiger charge is 2.03. The number of hydrogen-bond acceptors (Lipinski definition) is 3. The second-order valence-electron chi connectivity index (χ2n) is 2.42. The maximum atomic E-state index is 4.96. The van der Waals surface area contributed by atoms with E-state index in [-0.39, 0.29) is 0 Å². The summed E-state index contributed by atoms with van der Waals surface area (Å²) in [4.78, 5) is 4.07. The van der Waals surface area contributed by atoms with Crippen LogP contribution in [0.4, 0.5) is 0 Å². The lowest BCUT2D eigenvalue weighted by Gasteiger charge is -1.88. The average molecular weight is 159 g/mol. The van der Waals surface area contributed by atoms with Gasteiger partial charge < -0.3 is 4.52 Å². The largest absolute Gasteiger partial charge is 0.334 e. The van der Waals surface area contributed by atoms with Crippen LogP contribution in [0.1, 0.15) is 5.82 Å². The Morgan fingerprint density at radius 1 is 1.42 bits per heavy atom. The van der Waals surface area contributed by atoms with Crippen LogP contribution in [0.5, 0.6) is 0 Å². The van der Waals surface area contributed by atoms with E-state index in [0.717, 1.165) is 5.56 Å². The lowest BCUT2D eigenvalue weighted by atomic mass is 10.2. The van der Waals surface area contributed by atoms with E-state index in [4.69, 9.17) is 4.52 Å². The molecule has 0 N–H and O–H groups in total. The predicted octanol–water partition coefficient (Wildman–Crippen LogP) is 1.85. The minimum absolute atomic E-state index is 0.521. The van der Waals surface area contributed by atoms with Crippen molar-refractivity contribution in [3.8, 4) is 11.5 Å². The molecule has 0 spiro atoms. The quantitative estimate of drug-likeness (QED) is 0.637. The molecule has 12 heavy (non-hydrogen) atoms. The van der Waals surface area contributed by atoms with Crippen LogP contribution in [0, 0.1) is 13.0 Å². The standard InChI is InChI=1S/C9H7N2O/c1-7-10-9(12-11-7)8-5-3-2-4-6-8/h2-5H,1H3. The van der Waals surface area contributed by atoms with Crippen LogP contribution in [0.3, 0.4) is 0 Å². The fourth-order valence-corrected chi connectivity index (χ4v) is 0.933. The molecule has 1 aromatic carbocycles. The monoisotopic (exact) mass is 159 g/mol. The molecule has 0 saturated carbocycles. The van der Waals surface area contributed by atoms with E-state index in [1.54, 1.807) is 6.92 Å². The van der Waals surface area contributed by atoms with Gasteiger partial charge in [0.1, 0.15) is 0 Å². The zero-order valence-corrected chi connectivity index (χ0v) is 6.61. The molecule has 2 aromatic rings. The molecule has 0 bridgehead atoms. The van der Waals surface area contributed by atoms with E-state index in [1.807, 2.05) is 24.3 Å². The first kappa shape index (κ1) is 7.03. The number of rotatable bonds is 1. The highest BCUT2D eigenvalue weighted by atomic mass is 16.5. The number of aromatic nitrogens is 2. The van der Waals surface area contributed by atoms with Crippen LogP contribution >= 0.6 is 0 Å². The van der Waals surface area contributed by atoms with E-state index in [1.165, 1.54) is 0 Å². The van der Waals surface area contributed by atoms with E-state index in [2.05, 4.69) is 16.2 Å². The number of hydrogen-bond donors (Lipinski definition) is 0. The zero-order chi connectivity index (χ0) is 8.39. The molecule has 0 aliphatic rings. The van der Waals surface area contributed by atoms with Gasteiger partial charge in [-0.1, -0.05) is 23.4 Å². The van der Waals surface area contributed by atoms with Crippen molar-refractivity contribution in [1.29, 1.82) is 0 Å². The first-order valence-corrected chi connectivity index (χ1v) is 3.63. The van der Waals surface area contributed by atoms with Gasteiger partial charge in [0.2, 0.25) is 0 Å². The van der Waals surface area contributed by atoms with Crippen molar-refractivity contribution >= 4 is 0 Å². The third-order valence-electron chi connectivity index (χ3n) is 1.47. The van der Waals surface area contributed by atoms with Gasteiger partial charge in [-0.05, 0) is 19.1 Å². The van der Waals surface area contributed by atoms with Crippen molar-refractivity contribution < 1.29 is 4.52 Å². The Hall–Kier alpha value is -1.64. The first-order valence-electron chi connectivity index (χ1n) is 3.63. The Balaban J connectivity index is 2.45. The third-order valence-corrected chi connectivity index (χ3v) is 1.47. The summed E-state index contributed by atoms with van der Waals surface area (Å²) < 4.78 is 4.96. The topological polar surface area (TPSA) is 38.9 Å². The van der Waals surface area contributed by atoms with E-state index >= 15 is 0 Å². The second kappa shape index (κ2) is 2.77. The highest BCUT2D eigenvalue weighted by Crippen LogP contribution is 2.14. The van der Waals surface area contributed by atoms with Gasteiger partial charge in [-0.25, -0.2) is 0 Å². The average Bonchev–Trinajstić information content (AvgIpc) is 2.54. The molecular weight excluding hydrogens is 152 g/mol. The van der Waals surface area contributed by atoms with Crippen molar-refractivity contribution in [2.75, 3.05) is 0 Å². The van der Waals surface area contributed by atoms with Crippen molar-refractivity contribution in [3.63, 3.8) is 0 Å². The van der Waals surface area contributed by atoms with Gasteiger partial charge in [-0.3, -0.25) is 0 Å². The van der Waals surface area contributed by atoms with Gasteiger partial charge >= 0.3 is 0 Å². The molecule has 0 aliphatic carbocycles. The summed E-state index contributed by atoms with van der Waals surface area (Å²) in [6.45, 7) is 1.79. The van der Waals surface area contributed by atoms with Crippen molar-refractivity contribution in [1.82, 2.24) is 10.1 Å². The predicted molar refractivity (Wildman–Crippen MR) is 43.3 cm³/mol. The van der Waals surface area contributed by atoms with Crippen LogP contribution < -0.4 is 0 Å². The summed E-state index contributed by atoms with van der Waals surface area (Å²) in [5.41, 5.74) is 0.832. The molecule has 3 nitrogen and oxygen atoms in total. The third kappa shape index (κ3) is 1.21. The van der Waals surface area contributed by atoms with Crippen molar-refractivity contribution in [2.24, 2.45) is 0 Å². The number of aryl methyl sites for hydroxylation is 1. The highest BCUT2D eigenvalue weighted by molar-refractivity contribution is 5.50. The van der Waals surface area contributed by atoms with Gasteiger partial charge in [0, 0.05) is 5.56 Å². The Kier molecular flexibility index (Phi) is 1.63. The maximum absolute atomic E-state index is 4.96. The Morgan fingerprint density at radius 3 is 2.92 bits per heavy atom. The molecule has 1 heterocycles. The molecular formula is C9H7N2O. The molecule has 2 rings (SSSR count). The molecule has 0 amide bonds. The summed E-state index contributed by atoms with van der Waals surface area (Å²) in [5.74, 6) is 1.16. The van der Waals surface area contributed by atoms with Crippen LogP contribution in [0.25, 0.3) is 11.5 Å². The van der Waals surface area contributed by atoms with Crippen LogP contribution in [-0.2, 0) is 0 Å². The van der Waals surface area contributed by atoms with Crippen molar-refractivity contribution in [3.05, 3.63) is 36.2 Å². The zero-order valence-electron chi connectivity index (χ0n) is 6.61. The SMILES string of the molecule is Cc1noc(-c2[c]cccc2)n1. The molecule has 0 unspecified atom stereocenters. The summed E-state index contributed by atoms with van der Waals surface area (Å²) in [6, 6.07) is 10.5. The fourth-order valence-electron chi connectivity index (χ4n) is 0.933. The molecule has 59 valence electrons. The van der Waals surface area contributed by atoms with Crippen LogP contribution in [0.15, 0.2) is 28.8 Å². The van der Waals surface area contributed by atoms with Gasteiger partial charge in [0.05, 0.1) is 0 Å². The van der Waals surface area contributed by atoms with E-state index < -0.39 is 0 Å². The smallest absolute Gasteiger partial charge is 0.258 e. The lowest BCUT2D eigenvalue weighted by Crippen LogP contribution is -1.76. The van der Waals surface area contributed by atoms with Gasteiger partial charge in [-0.15, -0.1) is 0 Å².